The van der Waals surface area contributed by atoms with Crippen LogP contribution in [0, 0.1) is 0 Å². The van der Waals surface area contributed by atoms with Crippen LogP contribution in [0.3, 0.4) is 0 Å². The first-order valence-electron chi connectivity index (χ1n) is 0.500. The minimum absolute atomic E-state index is 0. The predicted molar refractivity (Wildman–Crippen MR) is 12.0 cm³/mol. The van der Waals surface area contributed by atoms with Gasteiger partial charge >= 0.3 is 25.4 Å². The van der Waals surface area contributed by atoms with Crippen LogP contribution in [0.15, 0.2) is 0 Å². The third kappa shape index (κ3) is 125. The van der Waals surface area contributed by atoms with Gasteiger partial charge in [-0.2, -0.15) is 0 Å². The van der Waals surface area contributed by atoms with Crippen LogP contribution in [0.4, 0.5) is 0 Å². The van der Waals surface area contributed by atoms with E-state index in [0.29, 0.717) is 0 Å². The normalized spacial score (nSPS) is 4.80. The summed E-state index contributed by atoms with van der Waals surface area (Å²) in [7, 11) is 0. The summed E-state index contributed by atoms with van der Waals surface area (Å²) in [6, 6.07) is 0. The molecular formula is H3AlCrO3. The van der Waals surface area contributed by atoms with Gasteiger partial charge in [0.2, 0.25) is 0 Å². The van der Waals surface area contributed by atoms with E-state index in [9.17, 15) is 0 Å². The van der Waals surface area contributed by atoms with Crippen LogP contribution < -0.4 is 0 Å². The molecule has 0 radical (unpaired) electrons. The molecule has 0 N–H and O–H groups in total. The first kappa shape index (κ1) is 9.07. The number of hydrogen-bond donors (Lipinski definition) is 0. The molecule has 0 saturated heterocycles. The van der Waals surface area contributed by atoms with E-state index in [1.807, 2.05) is 0 Å². The third-order valence-corrected chi connectivity index (χ3v) is 0. The predicted octanol–water partition coefficient (Wildman–Crippen LogP) is -1.54. The Hall–Kier alpha value is 0.465. The van der Waals surface area contributed by atoms with Crippen molar-refractivity contribution in [3.63, 3.8) is 0 Å². The number of rotatable bonds is 0. The van der Waals surface area contributed by atoms with E-state index < -0.39 is 14.0 Å². The van der Waals surface area contributed by atoms with Crippen LogP contribution in [0.2, 0.25) is 0 Å². The zero-order valence-corrected chi connectivity index (χ0v) is 2.91. The van der Waals surface area contributed by atoms with Gasteiger partial charge in [-0.3, -0.25) is 0 Å². The molecule has 0 spiro atoms. The van der Waals surface area contributed by atoms with Crippen LogP contribution in [0.5, 0.6) is 0 Å². The maximum absolute atomic E-state index is 8.54. The second-order valence-electron chi connectivity index (χ2n) is 0.204. The van der Waals surface area contributed by atoms with E-state index in [1.165, 1.54) is 0 Å². The Balaban J connectivity index is 0. The molecule has 3 nitrogen and oxygen atoms in total. The van der Waals surface area contributed by atoms with Crippen molar-refractivity contribution in [3.8, 4) is 0 Å². The summed E-state index contributed by atoms with van der Waals surface area (Å²) in [4.78, 5) is 0. The molecule has 0 unspecified atom stereocenters. The van der Waals surface area contributed by atoms with Crippen molar-refractivity contribution in [2.45, 2.75) is 0 Å². The van der Waals surface area contributed by atoms with Gasteiger partial charge in [0.05, 0.1) is 0 Å². The Morgan fingerprint density at radius 1 is 1.00 bits per heavy atom. The molecule has 0 bridgehead atoms. The van der Waals surface area contributed by atoms with E-state index in [0.717, 1.165) is 0 Å². The molecule has 0 amide bonds. The Morgan fingerprint density at radius 3 is 1.00 bits per heavy atom. The van der Waals surface area contributed by atoms with E-state index in [-0.39, 0.29) is 17.4 Å². The van der Waals surface area contributed by atoms with Gasteiger partial charge in [-0.15, -0.1) is 0 Å². The second-order valence-corrected chi connectivity index (χ2v) is 0.842. The molecule has 5 heteroatoms. The monoisotopic (exact) mass is 130 g/mol. The fourth-order valence-corrected chi connectivity index (χ4v) is 0. The average molecular weight is 130 g/mol. The van der Waals surface area contributed by atoms with Gasteiger partial charge in [0.1, 0.15) is 0 Å². The first-order chi connectivity index (χ1) is 1.73. The Morgan fingerprint density at radius 2 is 1.00 bits per heavy atom. The van der Waals surface area contributed by atoms with Gasteiger partial charge in [0.15, 0.2) is 17.4 Å². The van der Waals surface area contributed by atoms with Crippen molar-refractivity contribution in [1.29, 1.82) is 0 Å². The summed E-state index contributed by atoms with van der Waals surface area (Å²) in [6.07, 6.45) is 0. The molecule has 5 heavy (non-hydrogen) atoms. The molecule has 0 aromatic rings. The van der Waals surface area contributed by atoms with Crippen LogP contribution in [0.25, 0.3) is 0 Å². The van der Waals surface area contributed by atoms with Crippen LogP contribution in [-0.2, 0) is 25.4 Å². The van der Waals surface area contributed by atoms with Gasteiger partial charge in [-0.1, -0.05) is 0 Å². The Labute approximate surface area is 43.1 Å². The summed E-state index contributed by atoms with van der Waals surface area (Å²) in [5.41, 5.74) is 0. The average Bonchev–Trinajstić information content (AvgIpc) is 0.811. The molecule has 0 saturated carbocycles. The van der Waals surface area contributed by atoms with Crippen LogP contribution in [0.1, 0.15) is 0 Å². The van der Waals surface area contributed by atoms with Crippen molar-refractivity contribution in [2.24, 2.45) is 0 Å². The van der Waals surface area contributed by atoms with E-state index in [2.05, 4.69) is 0 Å². The van der Waals surface area contributed by atoms with Crippen molar-refractivity contribution in [3.05, 3.63) is 0 Å². The second kappa shape index (κ2) is 4.46. The summed E-state index contributed by atoms with van der Waals surface area (Å²) in [5, 5.41) is 0. The van der Waals surface area contributed by atoms with E-state index >= 15 is 0 Å². The van der Waals surface area contributed by atoms with E-state index in [4.69, 9.17) is 11.4 Å². The van der Waals surface area contributed by atoms with Gasteiger partial charge in [-0.25, -0.2) is 0 Å². The summed E-state index contributed by atoms with van der Waals surface area (Å²) in [5.74, 6) is 0. The van der Waals surface area contributed by atoms with Crippen molar-refractivity contribution in [1.82, 2.24) is 0 Å². The summed E-state index contributed by atoms with van der Waals surface area (Å²) in [6.45, 7) is 0. The molecule has 0 heterocycles. The van der Waals surface area contributed by atoms with Crippen molar-refractivity contribution < 1.29 is 25.4 Å². The van der Waals surface area contributed by atoms with Gasteiger partial charge in [-0.05, 0) is 0 Å². The number of hydrogen-bond acceptors (Lipinski definition) is 3. The molecule has 0 atom stereocenters. The van der Waals surface area contributed by atoms with Crippen molar-refractivity contribution in [2.75, 3.05) is 0 Å². The standard InChI is InChI=1S/Al.Cr.3O.3H. The summed E-state index contributed by atoms with van der Waals surface area (Å²) >= 11 is -3.79. The fraction of sp³-hybridized carbons (Fsp3) is 0. The maximum atomic E-state index is 8.54. The molecule has 0 aromatic heterocycles. The van der Waals surface area contributed by atoms with Gasteiger partial charge in [0.25, 0.3) is 0 Å². The third-order valence-electron chi connectivity index (χ3n) is 0. The van der Waals surface area contributed by atoms with Crippen LogP contribution >= 0.6 is 0 Å². The molecule has 0 aliphatic heterocycles. The molecule has 0 aliphatic carbocycles. The van der Waals surface area contributed by atoms with Gasteiger partial charge < -0.3 is 0 Å². The quantitative estimate of drug-likeness (QED) is 0.373. The Bertz CT molecular complexity index is 76.3. The zero-order chi connectivity index (χ0) is 3.58. The molecule has 0 rings (SSSR count). The topological polar surface area (TPSA) is 51.2 Å². The first-order valence-corrected chi connectivity index (χ1v) is 2.06. The molecule has 0 aliphatic rings. The zero-order valence-electron chi connectivity index (χ0n) is 1.63. The molecule has 0 aromatic carbocycles. The van der Waals surface area contributed by atoms with Crippen molar-refractivity contribution >= 4 is 17.4 Å². The molecular weight excluding hydrogens is 127 g/mol. The fourth-order valence-electron chi connectivity index (χ4n) is 0. The van der Waals surface area contributed by atoms with Gasteiger partial charge in [0, 0.05) is 0 Å². The Kier molecular flexibility index (Phi) is 8.10. The van der Waals surface area contributed by atoms with E-state index in [1.54, 1.807) is 0 Å². The minimum atomic E-state index is -3.79. The van der Waals surface area contributed by atoms with Crippen LogP contribution in [-0.4, -0.2) is 17.4 Å². The molecule has 0 fully saturated rings. The summed E-state index contributed by atoms with van der Waals surface area (Å²) < 4.78 is 25.6. The SMILES string of the molecule is [AlH3].[O]=[Cr](=[O])=[O]. The molecule has 30 valence electrons.